The molecular formula is C9H10N2O. The number of methoxy groups -OCH3 is 1. The van der Waals surface area contributed by atoms with Gasteiger partial charge in [0.1, 0.15) is 5.75 Å². The molecule has 0 unspecified atom stereocenters. The molecule has 0 saturated heterocycles. The minimum atomic E-state index is 0.906. The van der Waals surface area contributed by atoms with Crippen LogP contribution in [-0.2, 0) is 0 Å². The number of nitrogens with zero attached hydrogens (tertiary/aromatic N) is 1. The Morgan fingerprint density at radius 3 is 3.00 bits per heavy atom. The number of rotatable bonds is 1. The largest absolute Gasteiger partial charge is 0.496 e. The number of nitrogens with one attached hydrogen (secondary N) is 1. The van der Waals surface area contributed by atoms with Crippen LogP contribution in [0.3, 0.4) is 0 Å². The van der Waals surface area contributed by atoms with Crippen LogP contribution in [0.2, 0.25) is 0 Å². The number of H-pyrrole nitrogens is 1. The molecule has 0 bridgehead atoms. The lowest BCUT2D eigenvalue weighted by atomic mass is 10.1. The van der Waals surface area contributed by atoms with E-state index in [4.69, 9.17) is 4.74 Å². The first kappa shape index (κ1) is 7.16. The van der Waals surface area contributed by atoms with Crippen molar-refractivity contribution in [3.63, 3.8) is 0 Å². The second-order valence-electron chi connectivity index (χ2n) is 2.72. The van der Waals surface area contributed by atoms with Crippen molar-refractivity contribution in [2.24, 2.45) is 0 Å². The summed E-state index contributed by atoms with van der Waals surface area (Å²) < 4.78 is 5.18. The smallest absolute Gasteiger partial charge is 0.122 e. The summed E-state index contributed by atoms with van der Waals surface area (Å²) in [5.41, 5.74) is 2.18. The van der Waals surface area contributed by atoms with Crippen molar-refractivity contribution in [1.29, 1.82) is 0 Å². The fourth-order valence-electron chi connectivity index (χ4n) is 1.36. The topological polar surface area (TPSA) is 37.9 Å². The van der Waals surface area contributed by atoms with Crippen LogP contribution >= 0.6 is 0 Å². The van der Waals surface area contributed by atoms with Crippen molar-refractivity contribution in [1.82, 2.24) is 10.2 Å². The molecule has 0 aliphatic carbocycles. The van der Waals surface area contributed by atoms with Crippen LogP contribution in [-0.4, -0.2) is 17.3 Å². The zero-order valence-corrected chi connectivity index (χ0v) is 7.09. The first-order chi connectivity index (χ1) is 5.83. The van der Waals surface area contributed by atoms with Crippen molar-refractivity contribution in [2.45, 2.75) is 6.92 Å². The van der Waals surface area contributed by atoms with Crippen molar-refractivity contribution < 1.29 is 4.74 Å². The maximum Gasteiger partial charge on any atom is 0.122 e. The summed E-state index contributed by atoms with van der Waals surface area (Å²) in [4.78, 5) is 0. The van der Waals surface area contributed by atoms with E-state index < -0.39 is 0 Å². The molecule has 0 fully saturated rings. The van der Waals surface area contributed by atoms with Crippen LogP contribution in [0.1, 0.15) is 5.56 Å². The summed E-state index contributed by atoms with van der Waals surface area (Å²) in [5, 5.41) is 7.98. The lowest BCUT2D eigenvalue weighted by Crippen LogP contribution is -1.86. The van der Waals surface area contributed by atoms with E-state index in [1.54, 1.807) is 7.11 Å². The van der Waals surface area contributed by atoms with E-state index in [0.29, 0.717) is 0 Å². The number of aryl methyl sites for hydroxylation is 1. The SMILES string of the molecule is COc1ccc2[nH]ncc2c1C. The average Bonchev–Trinajstić information content (AvgIpc) is 2.53. The zero-order chi connectivity index (χ0) is 8.55. The first-order valence-electron chi connectivity index (χ1n) is 3.79. The highest BCUT2D eigenvalue weighted by atomic mass is 16.5. The molecule has 2 aromatic rings. The van der Waals surface area contributed by atoms with Gasteiger partial charge in [0.25, 0.3) is 0 Å². The summed E-state index contributed by atoms with van der Waals surface area (Å²) >= 11 is 0. The number of benzene rings is 1. The van der Waals surface area contributed by atoms with E-state index in [0.717, 1.165) is 22.2 Å². The molecule has 0 aliphatic heterocycles. The van der Waals surface area contributed by atoms with Gasteiger partial charge in [-0.25, -0.2) is 0 Å². The Kier molecular flexibility index (Phi) is 1.50. The molecule has 62 valence electrons. The molecular weight excluding hydrogens is 152 g/mol. The number of fused-ring (bicyclic) bond motifs is 1. The Hall–Kier alpha value is -1.51. The number of hydrogen-bond donors (Lipinski definition) is 1. The lowest BCUT2D eigenvalue weighted by Gasteiger charge is -2.03. The second-order valence-corrected chi connectivity index (χ2v) is 2.72. The normalized spacial score (nSPS) is 10.5. The Morgan fingerprint density at radius 1 is 1.42 bits per heavy atom. The number of ether oxygens (including phenoxy) is 1. The van der Waals surface area contributed by atoms with Gasteiger partial charge in [0.2, 0.25) is 0 Å². The molecule has 3 heteroatoms. The van der Waals surface area contributed by atoms with Crippen molar-refractivity contribution >= 4 is 10.9 Å². The van der Waals surface area contributed by atoms with Crippen LogP contribution in [0.4, 0.5) is 0 Å². The predicted octanol–water partition coefficient (Wildman–Crippen LogP) is 1.88. The Labute approximate surface area is 70.4 Å². The first-order valence-corrected chi connectivity index (χ1v) is 3.79. The quantitative estimate of drug-likeness (QED) is 0.695. The molecule has 1 heterocycles. The summed E-state index contributed by atoms with van der Waals surface area (Å²) in [6.07, 6.45) is 1.81. The monoisotopic (exact) mass is 162 g/mol. The van der Waals surface area contributed by atoms with Crippen LogP contribution in [0, 0.1) is 6.92 Å². The molecule has 0 aliphatic rings. The Bertz CT molecular complexity index is 406. The van der Waals surface area contributed by atoms with E-state index >= 15 is 0 Å². The fourth-order valence-corrected chi connectivity index (χ4v) is 1.36. The van der Waals surface area contributed by atoms with Crippen molar-refractivity contribution in [3.8, 4) is 5.75 Å². The van der Waals surface area contributed by atoms with Gasteiger partial charge in [-0.1, -0.05) is 0 Å². The van der Waals surface area contributed by atoms with E-state index in [9.17, 15) is 0 Å². The molecule has 1 aromatic heterocycles. The Balaban J connectivity index is 2.78. The van der Waals surface area contributed by atoms with Crippen LogP contribution in [0.15, 0.2) is 18.3 Å². The Morgan fingerprint density at radius 2 is 2.25 bits per heavy atom. The van der Waals surface area contributed by atoms with E-state index in [2.05, 4.69) is 10.2 Å². The van der Waals surface area contributed by atoms with Gasteiger partial charge < -0.3 is 4.74 Å². The molecule has 12 heavy (non-hydrogen) atoms. The predicted molar refractivity (Wildman–Crippen MR) is 47.4 cm³/mol. The highest BCUT2D eigenvalue weighted by Gasteiger charge is 2.03. The maximum atomic E-state index is 5.18. The molecule has 0 atom stereocenters. The van der Waals surface area contributed by atoms with Crippen molar-refractivity contribution in [2.75, 3.05) is 7.11 Å². The lowest BCUT2D eigenvalue weighted by molar-refractivity contribution is 0.412. The van der Waals surface area contributed by atoms with E-state index in [-0.39, 0.29) is 0 Å². The van der Waals surface area contributed by atoms with Gasteiger partial charge in [-0.05, 0) is 19.1 Å². The van der Waals surface area contributed by atoms with Crippen LogP contribution in [0.5, 0.6) is 5.75 Å². The van der Waals surface area contributed by atoms with Gasteiger partial charge >= 0.3 is 0 Å². The van der Waals surface area contributed by atoms with Gasteiger partial charge in [-0.2, -0.15) is 5.10 Å². The van der Waals surface area contributed by atoms with Gasteiger partial charge in [0.05, 0.1) is 18.8 Å². The summed E-state index contributed by atoms with van der Waals surface area (Å²) in [7, 11) is 1.67. The minimum Gasteiger partial charge on any atom is -0.496 e. The van der Waals surface area contributed by atoms with Crippen LogP contribution in [0.25, 0.3) is 10.9 Å². The highest BCUT2D eigenvalue weighted by molar-refractivity contribution is 5.83. The van der Waals surface area contributed by atoms with Crippen LogP contribution < -0.4 is 4.74 Å². The average molecular weight is 162 g/mol. The third-order valence-electron chi connectivity index (χ3n) is 2.06. The van der Waals surface area contributed by atoms with E-state index in [1.807, 2.05) is 25.3 Å². The zero-order valence-electron chi connectivity index (χ0n) is 7.09. The molecule has 0 spiro atoms. The fraction of sp³-hybridized carbons (Fsp3) is 0.222. The van der Waals surface area contributed by atoms with E-state index in [1.165, 1.54) is 0 Å². The molecule has 0 radical (unpaired) electrons. The third-order valence-corrected chi connectivity index (χ3v) is 2.06. The number of hydrogen-bond acceptors (Lipinski definition) is 2. The van der Waals surface area contributed by atoms with Gasteiger partial charge in [0, 0.05) is 10.9 Å². The number of aromatic amines is 1. The van der Waals surface area contributed by atoms with Gasteiger partial charge in [-0.15, -0.1) is 0 Å². The molecule has 1 aromatic carbocycles. The molecule has 0 saturated carbocycles. The maximum absolute atomic E-state index is 5.18. The summed E-state index contributed by atoms with van der Waals surface area (Å²) in [6.45, 7) is 2.02. The molecule has 2 rings (SSSR count). The highest BCUT2D eigenvalue weighted by Crippen LogP contribution is 2.24. The summed E-state index contributed by atoms with van der Waals surface area (Å²) in [6, 6.07) is 3.91. The summed E-state index contributed by atoms with van der Waals surface area (Å²) in [5.74, 6) is 0.906. The standard InChI is InChI=1S/C9H10N2O/c1-6-7-5-10-11-8(7)3-4-9(6)12-2/h3-5H,1-2H3,(H,10,11). The third kappa shape index (κ3) is 0.863. The van der Waals surface area contributed by atoms with Crippen molar-refractivity contribution in [3.05, 3.63) is 23.9 Å². The molecule has 0 amide bonds. The molecule has 3 nitrogen and oxygen atoms in total. The van der Waals surface area contributed by atoms with Gasteiger partial charge in [0.15, 0.2) is 0 Å². The van der Waals surface area contributed by atoms with Gasteiger partial charge in [-0.3, -0.25) is 5.10 Å². The number of aromatic nitrogens is 2. The second kappa shape index (κ2) is 2.52. The molecule has 1 N–H and O–H groups in total. The minimum absolute atomic E-state index is 0.906.